The molecule has 31 heavy (non-hydrogen) atoms. The molecule has 1 aromatic heterocycles. The number of para-hydroxylation sites is 1. The van der Waals surface area contributed by atoms with Crippen LogP contribution < -0.4 is 15.4 Å². The average Bonchev–Trinajstić information content (AvgIpc) is 3.34. The fraction of sp³-hybridized carbons (Fsp3) is 0.238. The third kappa shape index (κ3) is 4.38. The number of carbonyl (C=O) groups excluding carboxylic acids is 2. The summed E-state index contributed by atoms with van der Waals surface area (Å²) in [6.45, 7) is 1.73. The maximum absolute atomic E-state index is 13.0. The number of halogens is 1. The van der Waals surface area contributed by atoms with Crippen molar-refractivity contribution in [2.24, 2.45) is 5.92 Å². The van der Waals surface area contributed by atoms with Crippen LogP contribution in [0, 0.1) is 5.92 Å². The Morgan fingerprint density at radius 3 is 2.74 bits per heavy atom. The van der Waals surface area contributed by atoms with E-state index in [9.17, 15) is 18.0 Å². The summed E-state index contributed by atoms with van der Waals surface area (Å²) < 4.78 is 28.5. The highest BCUT2D eigenvalue weighted by molar-refractivity contribution is 7.92. The summed E-state index contributed by atoms with van der Waals surface area (Å²) in [6, 6.07) is 10.9. The molecule has 4 rings (SSSR count). The normalized spacial score (nSPS) is 17.4. The van der Waals surface area contributed by atoms with Crippen LogP contribution in [0.5, 0.6) is 0 Å². The van der Waals surface area contributed by atoms with E-state index in [2.05, 4.69) is 20.3 Å². The lowest BCUT2D eigenvalue weighted by Gasteiger charge is -2.19. The van der Waals surface area contributed by atoms with Crippen LogP contribution in [0.25, 0.3) is 10.9 Å². The van der Waals surface area contributed by atoms with Gasteiger partial charge in [-0.05, 0) is 30.7 Å². The van der Waals surface area contributed by atoms with Crippen molar-refractivity contribution < 1.29 is 18.0 Å². The van der Waals surface area contributed by atoms with E-state index in [-0.39, 0.29) is 22.8 Å². The van der Waals surface area contributed by atoms with Crippen molar-refractivity contribution in [1.29, 1.82) is 0 Å². The van der Waals surface area contributed by atoms with Gasteiger partial charge in [-0.1, -0.05) is 36.7 Å². The van der Waals surface area contributed by atoms with Gasteiger partial charge < -0.3 is 15.6 Å². The molecule has 10 heteroatoms. The molecular formula is C21H21ClN4O4S. The Morgan fingerprint density at radius 1 is 1.23 bits per heavy atom. The van der Waals surface area contributed by atoms with Crippen LogP contribution in [0.4, 0.5) is 11.4 Å². The number of H-pyrrole nitrogens is 1. The summed E-state index contributed by atoms with van der Waals surface area (Å²) in [4.78, 5) is 26.9. The minimum absolute atomic E-state index is 0.00165. The number of aromatic amines is 1. The largest absolute Gasteiger partial charge is 0.358 e. The summed E-state index contributed by atoms with van der Waals surface area (Å²) >= 11 is 6.11. The molecule has 8 nitrogen and oxygen atoms in total. The molecule has 0 bridgehead atoms. The number of hydrogen-bond acceptors (Lipinski definition) is 4. The molecule has 2 amide bonds. The van der Waals surface area contributed by atoms with E-state index in [1.807, 2.05) is 0 Å². The number of aromatic nitrogens is 1. The smallest absolute Gasteiger partial charge is 0.262 e. The van der Waals surface area contributed by atoms with Crippen molar-refractivity contribution in [3.05, 3.63) is 53.7 Å². The maximum atomic E-state index is 13.0. The number of fused-ring (bicyclic) bond motifs is 1. The molecule has 1 aliphatic rings. The quantitative estimate of drug-likeness (QED) is 0.450. The number of rotatable bonds is 6. The van der Waals surface area contributed by atoms with Crippen molar-refractivity contribution in [3.63, 3.8) is 0 Å². The van der Waals surface area contributed by atoms with Gasteiger partial charge in [0.05, 0.1) is 27.0 Å². The topological polar surface area (TPSA) is 120 Å². The Morgan fingerprint density at radius 2 is 2.00 bits per heavy atom. The molecule has 1 fully saturated rings. The molecule has 4 N–H and O–H groups in total. The first kappa shape index (κ1) is 21.2. The van der Waals surface area contributed by atoms with Gasteiger partial charge in [-0.15, -0.1) is 0 Å². The van der Waals surface area contributed by atoms with Crippen LogP contribution in [0.1, 0.15) is 19.8 Å². The molecule has 1 aliphatic heterocycles. The molecule has 2 aromatic carbocycles. The van der Waals surface area contributed by atoms with Gasteiger partial charge in [-0.2, -0.15) is 0 Å². The highest BCUT2D eigenvalue weighted by atomic mass is 35.5. The van der Waals surface area contributed by atoms with Crippen molar-refractivity contribution in [2.45, 2.75) is 30.7 Å². The zero-order valence-electron chi connectivity index (χ0n) is 16.6. The first-order valence-electron chi connectivity index (χ1n) is 9.73. The van der Waals surface area contributed by atoms with E-state index in [0.717, 1.165) is 0 Å². The molecular weight excluding hydrogens is 440 g/mol. The molecule has 162 valence electrons. The number of sulfonamides is 1. The highest BCUT2D eigenvalue weighted by Gasteiger charge is 2.30. The number of hydrogen-bond donors (Lipinski definition) is 4. The van der Waals surface area contributed by atoms with Gasteiger partial charge in [0.15, 0.2) is 0 Å². The molecule has 0 saturated carbocycles. The molecule has 2 unspecified atom stereocenters. The lowest BCUT2D eigenvalue weighted by Crippen LogP contribution is -2.38. The fourth-order valence-corrected chi connectivity index (χ4v) is 4.93. The third-order valence-electron chi connectivity index (χ3n) is 5.37. The Hall–Kier alpha value is -3.04. The molecule has 1 saturated heterocycles. The van der Waals surface area contributed by atoms with Crippen molar-refractivity contribution in [2.75, 3.05) is 10.0 Å². The molecule has 2 atom stereocenters. The molecule has 0 aliphatic carbocycles. The standard InChI is InChI=1S/C21H21ClN4O4S/c1-12(17-8-9-19(27)25-17)21(28)24-13-4-2-5-14(10-13)31(29,30)26-18-7-3-6-15-16(22)11-23-20(15)18/h2-7,10-12,17,23,26H,8-9H2,1H3,(H,24,28)(H,25,27). The second-order valence-electron chi connectivity index (χ2n) is 7.49. The second kappa shape index (κ2) is 8.24. The minimum atomic E-state index is -3.92. The van der Waals surface area contributed by atoms with Crippen molar-refractivity contribution in [1.82, 2.24) is 10.3 Å². The van der Waals surface area contributed by atoms with Gasteiger partial charge in [0, 0.05) is 29.7 Å². The van der Waals surface area contributed by atoms with Crippen LogP contribution in [0.15, 0.2) is 53.6 Å². The third-order valence-corrected chi connectivity index (χ3v) is 7.04. The SMILES string of the molecule is CC(C(=O)Nc1cccc(S(=O)(=O)Nc2cccc3c(Cl)c[nH]c23)c1)C1CCC(=O)N1. The summed E-state index contributed by atoms with van der Waals surface area (Å²) in [5.74, 6) is -0.803. The van der Waals surface area contributed by atoms with Crippen LogP contribution in [0.2, 0.25) is 5.02 Å². The van der Waals surface area contributed by atoms with Gasteiger partial charge >= 0.3 is 0 Å². The predicted molar refractivity (Wildman–Crippen MR) is 120 cm³/mol. The van der Waals surface area contributed by atoms with Crippen LogP contribution in [-0.4, -0.2) is 31.3 Å². The lowest BCUT2D eigenvalue weighted by atomic mass is 9.99. The predicted octanol–water partition coefficient (Wildman–Crippen LogP) is 3.48. The van der Waals surface area contributed by atoms with E-state index in [0.29, 0.717) is 40.1 Å². The van der Waals surface area contributed by atoms with Gasteiger partial charge in [0.1, 0.15) is 0 Å². The van der Waals surface area contributed by atoms with Gasteiger partial charge in [-0.25, -0.2) is 8.42 Å². The van der Waals surface area contributed by atoms with E-state index in [1.54, 1.807) is 43.5 Å². The maximum Gasteiger partial charge on any atom is 0.262 e. The number of carbonyl (C=O) groups is 2. The summed E-state index contributed by atoms with van der Waals surface area (Å²) in [5.41, 5.74) is 1.29. The second-order valence-corrected chi connectivity index (χ2v) is 9.58. The lowest BCUT2D eigenvalue weighted by molar-refractivity contribution is -0.121. The zero-order valence-corrected chi connectivity index (χ0v) is 18.2. The van der Waals surface area contributed by atoms with Crippen LogP contribution in [0.3, 0.4) is 0 Å². The number of amides is 2. The Bertz CT molecular complexity index is 1270. The van der Waals surface area contributed by atoms with Gasteiger partial charge in [0.2, 0.25) is 11.8 Å². The zero-order chi connectivity index (χ0) is 22.2. The molecule has 0 spiro atoms. The Kier molecular flexibility index (Phi) is 5.63. The van der Waals surface area contributed by atoms with E-state index in [1.165, 1.54) is 12.1 Å². The molecule has 0 radical (unpaired) electrons. The molecule has 2 heterocycles. The number of anilines is 2. The molecule has 3 aromatic rings. The van der Waals surface area contributed by atoms with Gasteiger partial charge in [0.25, 0.3) is 10.0 Å². The fourth-order valence-electron chi connectivity index (χ4n) is 3.60. The van der Waals surface area contributed by atoms with E-state index in [4.69, 9.17) is 11.6 Å². The average molecular weight is 461 g/mol. The summed E-state index contributed by atoms with van der Waals surface area (Å²) in [6.07, 6.45) is 2.59. The minimum Gasteiger partial charge on any atom is -0.358 e. The summed E-state index contributed by atoms with van der Waals surface area (Å²) in [5, 5.41) is 6.72. The summed E-state index contributed by atoms with van der Waals surface area (Å²) in [7, 11) is -3.92. The monoisotopic (exact) mass is 460 g/mol. The van der Waals surface area contributed by atoms with Crippen molar-refractivity contribution in [3.8, 4) is 0 Å². The van der Waals surface area contributed by atoms with E-state index < -0.39 is 15.9 Å². The van der Waals surface area contributed by atoms with Crippen molar-refractivity contribution >= 4 is 55.7 Å². The number of benzene rings is 2. The highest BCUT2D eigenvalue weighted by Crippen LogP contribution is 2.30. The first-order valence-corrected chi connectivity index (χ1v) is 11.6. The first-order chi connectivity index (χ1) is 14.7. The Labute approximate surface area is 184 Å². The van der Waals surface area contributed by atoms with Crippen LogP contribution >= 0.6 is 11.6 Å². The van der Waals surface area contributed by atoms with E-state index >= 15 is 0 Å². The van der Waals surface area contributed by atoms with Gasteiger partial charge in [-0.3, -0.25) is 14.3 Å². The van der Waals surface area contributed by atoms with Crippen LogP contribution in [-0.2, 0) is 19.6 Å². The number of nitrogens with one attached hydrogen (secondary N) is 4. The Balaban J connectivity index is 1.52.